The molecular weight excluding hydrogens is 236 g/mol. The molecular formula is C8H15BrN2O2. The van der Waals surface area contributed by atoms with Gasteiger partial charge < -0.3 is 5.32 Å². The lowest BCUT2D eigenvalue weighted by Crippen LogP contribution is -2.47. The Morgan fingerprint density at radius 1 is 1.31 bits per heavy atom. The Kier molecular flexibility index (Phi) is 4.98. The number of imide groups is 1. The summed E-state index contributed by atoms with van der Waals surface area (Å²) in [6.45, 7) is 3.78. The number of urea groups is 1. The highest BCUT2D eigenvalue weighted by atomic mass is 79.9. The van der Waals surface area contributed by atoms with E-state index in [9.17, 15) is 9.59 Å². The number of hydrogen-bond donors (Lipinski definition) is 2. The van der Waals surface area contributed by atoms with Gasteiger partial charge in [0.25, 0.3) is 0 Å². The highest BCUT2D eigenvalue weighted by Gasteiger charge is 2.32. The van der Waals surface area contributed by atoms with Gasteiger partial charge >= 0.3 is 6.03 Å². The van der Waals surface area contributed by atoms with Gasteiger partial charge in [-0.1, -0.05) is 29.8 Å². The second-order valence-corrected chi connectivity index (χ2v) is 4.22. The quantitative estimate of drug-likeness (QED) is 0.745. The van der Waals surface area contributed by atoms with E-state index < -0.39 is 10.4 Å². The predicted octanol–water partition coefficient (Wildman–Crippen LogP) is 1.40. The maximum absolute atomic E-state index is 11.5. The molecule has 0 rings (SSSR count). The molecule has 13 heavy (non-hydrogen) atoms. The molecule has 0 saturated carbocycles. The van der Waals surface area contributed by atoms with Gasteiger partial charge in [-0.3, -0.25) is 10.1 Å². The molecule has 5 heteroatoms. The van der Waals surface area contributed by atoms with Crippen molar-refractivity contribution in [2.75, 3.05) is 7.05 Å². The maximum Gasteiger partial charge on any atom is 0.321 e. The van der Waals surface area contributed by atoms with Crippen LogP contribution in [0, 0.1) is 0 Å². The van der Waals surface area contributed by atoms with Crippen LogP contribution < -0.4 is 10.6 Å². The van der Waals surface area contributed by atoms with Crippen LogP contribution in [0.4, 0.5) is 4.79 Å². The summed E-state index contributed by atoms with van der Waals surface area (Å²) in [7, 11) is 1.47. The molecule has 0 radical (unpaired) electrons. The number of carbonyl (C=O) groups excluding carboxylic acids is 2. The van der Waals surface area contributed by atoms with Crippen molar-refractivity contribution in [1.29, 1.82) is 0 Å². The van der Waals surface area contributed by atoms with Crippen LogP contribution in [0.15, 0.2) is 0 Å². The van der Waals surface area contributed by atoms with Crippen molar-refractivity contribution in [3.63, 3.8) is 0 Å². The van der Waals surface area contributed by atoms with E-state index >= 15 is 0 Å². The largest absolute Gasteiger partial charge is 0.341 e. The topological polar surface area (TPSA) is 58.2 Å². The molecule has 0 atom stereocenters. The van der Waals surface area contributed by atoms with Crippen LogP contribution in [-0.4, -0.2) is 23.3 Å². The lowest BCUT2D eigenvalue weighted by Gasteiger charge is -2.22. The molecule has 2 N–H and O–H groups in total. The smallest absolute Gasteiger partial charge is 0.321 e. The molecule has 3 amide bonds. The molecule has 0 aromatic rings. The van der Waals surface area contributed by atoms with Crippen LogP contribution in [0.25, 0.3) is 0 Å². The van der Waals surface area contributed by atoms with Gasteiger partial charge in [0.2, 0.25) is 5.91 Å². The van der Waals surface area contributed by atoms with Crippen molar-refractivity contribution < 1.29 is 9.59 Å². The molecule has 0 heterocycles. The van der Waals surface area contributed by atoms with Crippen molar-refractivity contribution >= 4 is 27.9 Å². The fourth-order valence-electron chi connectivity index (χ4n) is 0.849. The first-order valence-corrected chi connectivity index (χ1v) is 5.01. The van der Waals surface area contributed by atoms with Gasteiger partial charge in [0, 0.05) is 7.05 Å². The Morgan fingerprint density at radius 3 is 2.08 bits per heavy atom. The monoisotopic (exact) mass is 250 g/mol. The zero-order chi connectivity index (χ0) is 10.5. The van der Waals surface area contributed by atoms with E-state index in [4.69, 9.17) is 0 Å². The second kappa shape index (κ2) is 5.21. The molecule has 0 aliphatic rings. The van der Waals surface area contributed by atoms with E-state index in [1.807, 2.05) is 13.8 Å². The third kappa shape index (κ3) is 3.34. The van der Waals surface area contributed by atoms with Gasteiger partial charge in [-0.15, -0.1) is 0 Å². The summed E-state index contributed by atoms with van der Waals surface area (Å²) in [4.78, 5) is 22.3. The summed E-state index contributed by atoms with van der Waals surface area (Å²) < 4.78 is -0.625. The van der Waals surface area contributed by atoms with Crippen LogP contribution in [0.2, 0.25) is 0 Å². The summed E-state index contributed by atoms with van der Waals surface area (Å²) in [5.41, 5.74) is 0. The second-order valence-electron chi connectivity index (χ2n) is 2.71. The van der Waals surface area contributed by atoms with Gasteiger partial charge in [0.05, 0.1) is 0 Å². The maximum atomic E-state index is 11.5. The lowest BCUT2D eigenvalue weighted by atomic mass is 10.0. The molecule has 0 aliphatic carbocycles. The fourth-order valence-corrected chi connectivity index (χ4v) is 0.948. The number of nitrogens with one attached hydrogen (secondary N) is 2. The highest BCUT2D eigenvalue weighted by molar-refractivity contribution is 9.10. The van der Waals surface area contributed by atoms with Crippen LogP contribution in [-0.2, 0) is 4.79 Å². The molecule has 0 aromatic carbocycles. The summed E-state index contributed by atoms with van der Waals surface area (Å²) in [5, 5.41) is 4.56. The Balaban J connectivity index is 4.31. The number of carbonyl (C=O) groups is 2. The molecule has 0 fully saturated rings. The van der Waals surface area contributed by atoms with Gasteiger partial charge in [0.15, 0.2) is 0 Å². The average Bonchev–Trinajstić information content (AvgIpc) is 2.16. The average molecular weight is 251 g/mol. The summed E-state index contributed by atoms with van der Waals surface area (Å²) in [6, 6.07) is -0.476. The number of alkyl halides is 1. The normalized spacial score (nSPS) is 10.8. The fraction of sp³-hybridized carbons (Fsp3) is 0.750. The molecule has 0 aromatic heterocycles. The number of amides is 3. The van der Waals surface area contributed by atoms with Crippen molar-refractivity contribution in [2.24, 2.45) is 0 Å². The molecule has 0 bridgehead atoms. The van der Waals surface area contributed by atoms with Gasteiger partial charge in [0.1, 0.15) is 4.32 Å². The number of rotatable bonds is 3. The number of halogens is 1. The van der Waals surface area contributed by atoms with Gasteiger partial charge in [-0.2, -0.15) is 0 Å². The third-order valence-corrected chi connectivity index (χ3v) is 3.46. The Bertz CT molecular complexity index is 202. The minimum absolute atomic E-state index is 0.295. The predicted molar refractivity (Wildman–Crippen MR) is 54.8 cm³/mol. The number of hydrogen-bond acceptors (Lipinski definition) is 2. The minimum Gasteiger partial charge on any atom is -0.341 e. The molecule has 0 saturated heterocycles. The van der Waals surface area contributed by atoms with Crippen molar-refractivity contribution in [3.05, 3.63) is 0 Å². The standard InChI is InChI=1S/C8H15BrN2O2/c1-4-8(9,5-2)6(12)11-7(13)10-3/h4-5H2,1-3H3,(H2,10,11,12,13). The summed E-state index contributed by atoms with van der Waals surface area (Å²) in [5.74, 6) is -0.295. The lowest BCUT2D eigenvalue weighted by molar-refractivity contribution is -0.122. The van der Waals surface area contributed by atoms with E-state index in [2.05, 4.69) is 26.6 Å². The first-order chi connectivity index (χ1) is 6.00. The van der Waals surface area contributed by atoms with Crippen molar-refractivity contribution in [1.82, 2.24) is 10.6 Å². The molecule has 0 spiro atoms. The Morgan fingerprint density at radius 2 is 1.77 bits per heavy atom. The first kappa shape index (κ1) is 12.4. The molecule has 4 nitrogen and oxygen atoms in total. The highest BCUT2D eigenvalue weighted by Crippen LogP contribution is 2.26. The van der Waals surface area contributed by atoms with Crippen molar-refractivity contribution in [2.45, 2.75) is 31.0 Å². The van der Waals surface area contributed by atoms with Crippen LogP contribution >= 0.6 is 15.9 Å². The minimum atomic E-state index is -0.625. The Labute approximate surface area is 86.6 Å². The SMILES string of the molecule is CCC(Br)(CC)C(=O)NC(=O)NC. The summed E-state index contributed by atoms with van der Waals surface area (Å²) >= 11 is 3.31. The van der Waals surface area contributed by atoms with Crippen LogP contribution in [0.5, 0.6) is 0 Å². The van der Waals surface area contributed by atoms with E-state index in [1.165, 1.54) is 7.05 Å². The van der Waals surface area contributed by atoms with E-state index in [1.54, 1.807) is 0 Å². The van der Waals surface area contributed by atoms with Gasteiger partial charge in [-0.05, 0) is 12.8 Å². The van der Waals surface area contributed by atoms with Crippen molar-refractivity contribution in [3.8, 4) is 0 Å². The third-order valence-electron chi connectivity index (χ3n) is 1.98. The first-order valence-electron chi connectivity index (χ1n) is 4.22. The van der Waals surface area contributed by atoms with E-state index in [0.29, 0.717) is 12.8 Å². The van der Waals surface area contributed by atoms with Crippen LogP contribution in [0.3, 0.4) is 0 Å². The molecule has 0 aliphatic heterocycles. The van der Waals surface area contributed by atoms with Gasteiger partial charge in [-0.25, -0.2) is 4.79 Å². The van der Waals surface area contributed by atoms with E-state index in [0.717, 1.165) is 0 Å². The zero-order valence-electron chi connectivity index (χ0n) is 8.11. The zero-order valence-corrected chi connectivity index (χ0v) is 9.69. The van der Waals surface area contributed by atoms with E-state index in [-0.39, 0.29) is 5.91 Å². The van der Waals surface area contributed by atoms with Crippen LogP contribution in [0.1, 0.15) is 26.7 Å². The Hall–Kier alpha value is -0.580. The summed E-state index contributed by atoms with van der Waals surface area (Å²) in [6.07, 6.45) is 1.29. The molecule has 0 unspecified atom stereocenters. The molecule has 76 valence electrons.